The molecule has 1 amide bonds. The number of halogens is 9. The van der Waals surface area contributed by atoms with Crippen LogP contribution in [0.1, 0.15) is 65.6 Å². The molecule has 8 nitrogen and oxygen atoms in total. The number of aromatic nitrogens is 4. The van der Waals surface area contributed by atoms with Crippen molar-refractivity contribution in [2.75, 3.05) is 18.0 Å². The number of hydrogen-bond donors (Lipinski definition) is 1. The molecule has 2 N–H and O–H groups in total. The molecule has 0 spiro atoms. The van der Waals surface area contributed by atoms with Gasteiger partial charge in [-0.05, 0) is 78.0 Å². The lowest BCUT2D eigenvalue weighted by atomic mass is 9.90. The van der Waals surface area contributed by atoms with Crippen LogP contribution in [0, 0.1) is 5.92 Å². The van der Waals surface area contributed by atoms with Crippen molar-refractivity contribution in [2.24, 2.45) is 18.7 Å². The van der Waals surface area contributed by atoms with E-state index < -0.39 is 71.7 Å². The molecule has 2 unspecified atom stereocenters. The van der Waals surface area contributed by atoms with Crippen molar-refractivity contribution >= 4 is 11.9 Å². The Morgan fingerprint density at radius 2 is 1.58 bits per heavy atom. The quantitative estimate of drug-likeness (QED) is 0.281. The number of piperidine rings is 1. The van der Waals surface area contributed by atoms with Crippen molar-refractivity contribution in [2.45, 2.75) is 63.8 Å². The monoisotopic (exact) mass is 651 g/mol. The molecule has 17 heteroatoms. The summed E-state index contributed by atoms with van der Waals surface area (Å²) in [6.07, 6.45) is -13.4. The van der Waals surface area contributed by atoms with Crippen LogP contribution in [0.2, 0.25) is 0 Å². The first-order valence-electron chi connectivity index (χ1n) is 13.9. The summed E-state index contributed by atoms with van der Waals surface area (Å²) in [5, 5.41) is 11.5. The lowest BCUT2D eigenvalue weighted by molar-refractivity contribution is -0.143. The zero-order valence-corrected chi connectivity index (χ0v) is 24.1. The SMILES string of the molecule is CCC(c1ccc(C(F)(F)F)cc1CN(Cc1cc(C(F)(F)F)cc(C(F)(F)F)c1)c1nnn(C)n1)N1CCCC(C(N)=O)C1. The van der Waals surface area contributed by atoms with Crippen molar-refractivity contribution in [1.82, 2.24) is 25.1 Å². The van der Waals surface area contributed by atoms with Gasteiger partial charge in [-0.15, -0.1) is 5.10 Å². The lowest BCUT2D eigenvalue weighted by Crippen LogP contribution is -2.43. The molecule has 0 saturated carbocycles. The second-order valence-corrected chi connectivity index (χ2v) is 10.9. The minimum absolute atomic E-state index is 0.0108. The maximum Gasteiger partial charge on any atom is 0.416 e. The van der Waals surface area contributed by atoms with Crippen molar-refractivity contribution in [3.8, 4) is 0 Å². The largest absolute Gasteiger partial charge is 0.416 e. The molecule has 2 heterocycles. The van der Waals surface area contributed by atoms with E-state index >= 15 is 0 Å². The second-order valence-electron chi connectivity index (χ2n) is 10.9. The van der Waals surface area contributed by atoms with Gasteiger partial charge >= 0.3 is 18.5 Å². The first kappa shape index (κ1) is 34.0. The summed E-state index contributed by atoms with van der Waals surface area (Å²) in [5.74, 6) is -1.19. The summed E-state index contributed by atoms with van der Waals surface area (Å²) in [6, 6.07) is 3.69. The van der Waals surface area contributed by atoms with E-state index in [1.54, 1.807) is 0 Å². The van der Waals surface area contributed by atoms with Gasteiger partial charge in [0.05, 0.1) is 29.7 Å². The van der Waals surface area contributed by atoms with Gasteiger partial charge in [0.25, 0.3) is 5.95 Å². The highest BCUT2D eigenvalue weighted by molar-refractivity contribution is 5.77. The first-order valence-corrected chi connectivity index (χ1v) is 13.9. The van der Waals surface area contributed by atoms with Gasteiger partial charge in [-0.2, -0.15) is 44.3 Å². The van der Waals surface area contributed by atoms with E-state index in [1.807, 2.05) is 11.8 Å². The number of hydrogen-bond acceptors (Lipinski definition) is 6. The Hall–Kier alpha value is -3.89. The predicted octanol–water partition coefficient (Wildman–Crippen LogP) is 6.12. The van der Waals surface area contributed by atoms with Crippen LogP contribution >= 0.6 is 0 Å². The minimum Gasteiger partial charge on any atom is -0.369 e. The fraction of sp³-hybridized carbons (Fsp3) is 0.500. The van der Waals surface area contributed by atoms with Crippen LogP contribution in [0.3, 0.4) is 0 Å². The Kier molecular flexibility index (Phi) is 9.70. The van der Waals surface area contributed by atoms with Gasteiger partial charge in [-0.25, -0.2) is 0 Å². The van der Waals surface area contributed by atoms with Crippen molar-refractivity contribution in [3.05, 3.63) is 69.8 Å². The number of nitrogens with two attached hydrogens (primary N) is 1. The molecule has 1 aliphatic heterocycles. The van der Waals surface area contributed by atoms with Gasteiger partial charge in [0, 0.05) is 25.7 Å². The fourth-order valence-electron chi connectivity index (χ4n) is 5.58. The molecule has 3 aromatic rings. The zero-order valence-electron chi connectivity index (χ0n) is 24.1. The molecule has 1 fully saturated rings. The molecular weight excluding hydrogens is 621 g/mol. The summed E-state index contributed by atoms with van der Waals surface area (Å²) >= 11 is 0. The van der Waals surface area contributed by atoms with Crippen LogP contribution in [-0.4, -0.2) is 44.1 Å². The highest BCUT2D eigenvalue weighted by atomic mass is 19.4. The molecule has 45 heavy (non-hydrogen) atoms. The van der Waals surface area contributed by atoms with Crippen molar-refractivity contribution < 1.29 is 44.3 Å². The number of benzene rings is 2. The Balaban J connectivity index is 1.81. The normalized spacial score (nSPS) is 17.4. The molecule has 2 aromatic carbocycles. The lowest BCUT2D eigenvalue weighted by Gasteiger charge is -2.38. The average Bonchev–Trinajstić information content (AvgIpc) is 3.38. The summed E-state index contributed by atoms with van der Waals surface area (Å²) in [6.45, 7) is 1.56. The fourth-order valence-corrected chi connectivity index (χ4v) is 5.58. The molecule has 0 aliphatic carbocycles. The number of carbonyl (C=O) groups is 1. The number of amides is 1. The number of aryl methyl sites for hydroxylation is 1. The van der Waals surface area contributed by atoms with E-state index in [4.69, 9.17) is 5.73 Å². The number of anilines is 1. The topological polar surface area (TPSA) is 93.2 Å². The highest BCUT2D eigenvalue weighted by Gasteiger charge is 2.38. The number of nitrogens with zero attached hydrogens (tertiary/aromatic N) is 6. The first-order chi connectivity index (χ1) is 20.9. The van der Waals surface area contributed by atoms with Gasteiger partial charge in [-0.1, -0.05) is 18.1 Å². The summed E-state index contributed by atoms with van der Waals surface area (Å²) in [4.78, 5) is 16.0. The van der Waals surface area contributed by atoms with Gasteiger partial charge < -0.3 is 10.6 Å². The second kappa shape index (κ2) is 12.8. The standard InChI is InChI=1S/C28H30F9N7O/c1-3-23(43-8-4-5-17(14-43)24(38)45)22-7-6-19(26(29,30)31)11-18(22)15-44(25-39-41-42(2)40-25)13-16-9-20(27(32,33)34)12-21(10-16)28(35,36)37/h6-7,9-12,17,23H,3-5,8,13-15H2,1-2H3,(H2,38,45). The molecule has 2 atom stereocenters. The highest BCUT2D eigenvalue weighted by Crippen LogP contribution is 2.39. The Labute approximate surface area is 252 Å². The summed E-state index contributed by atoms with van der Waals surface area (Å²) in [7, 11) is 1.37. The Morgan fingerprint density at radius 3 is 2.09 bits per heavy atom. The van der Waals surface area contributed by atoms with E-state index in [0.717, 1.165) is 21.8 Å². The van der Waals surface area contributed by atoms with Crippen LogP contribution in [0.15, 0.2) is 36.4 Å². The van der Waals surface area contributed by atoms with Crippen molar-refractivity contribution in [1.29, 1.82) is 0 Å². The van der Waals surface area contributed by atoms with Gasteiger partial charge in [0.2, 0.25) is 5.91 Å². The van der Waals surface area contributed by atoms with E-state index in [2.05, 4.69) is 15.4 Å². The molecule has 1 saturated heterocycles. The van der Waals surface area contributed by atoms with Gasteiger partial charge in [0.1, 0.15) is 0 Å². The minimum atomic E-state index is -5.11. The van der Waals surface area contributed by atoms with Crippen LogP contribution in [0.5, 0.6) is 0 Å². The molecule has 246 valence electrons. The van der Waals surface area contributed by atoms with E-state index in [0.29, 0.717) is 43.5 Å². The smallest absolute Gasteiger partial charge is 0.369 e. The third-order valence-corrected chi connectivity index (χ3v) is 7.67. The van der Waals surface area contributed by atoms with Gasteiger partial charge in [0.15, 0.2) is 0 Å². The van der Waals surface area contributed by atoms with Crippen LogP contribution < -0.4 is 10.6 Å². The van der Waals surface area contributed by atoms with Crippen LogP contribution in [-0.2, 0) is 43.5 Å². The molecule has 1 aromatic heterocycles. The molecule has 0 bridgehead atoms. The van der Waals surface area contributed by atoms with E-state index in [-0.39, 0.29) is 24.1 Å². The van der Waals surface area contributed by atoms with Crippen LogP contribution in [0.25, 0.3) is 0 Å². The Morgan fingerprint density at radius 1 is 0.956 bits per heavy atom. The van der Waals surface area contributed by atoms with Gasteiger partial charge in [-0.3, -0.25) is 9.69 Å². The number of alkyl halides is 9. The molecule has 0 radical (unpaired) electrons. The number of rotatable bonds is 9. The number of carbonyl (C=O) groups excluding carboxylic acids is 1. The average molecular weight is 652 g/mol. The zero-order chi connectivity index (χ0) is 33.3. The molecular formula is C28H30F9N7O. The van der Waals surface area contributed by atoms with E-state index in [9.17, 15) is 44.3 Å². The number of tetrazole rings is 1. The third kappa shape index (κ3) is 8.23. The summed E-state index contributed by atoms with van der Waals surface area (Å²) < 4.78 is 123. The Bertz CT molecular complexity index is 1470. The van der Waals surface area contributed by atoms with Crippen LogP contribution in [0.4, 0.5) is 45.5 Å². The van der Waals surface area contributed by atoms with Crippen molar-refractivity contribution in [3.63, 3.8) is 0 Å². The maximum absolute atomic E-state index is 13.9. The molecule has 4 rings (SSSR count). The predicted molar refractivity (Wildman–Crippen MR) is 143 cm³/mol. The third-order valence-electron chi connectivity index (χ3n) is 7.67. The van der Waals surface area contributed by atoms with E-state index in [1.165, 1.54) is 13.1 Å². The molecule has 1 aliphatic rings. The number of primary amides is 1. The number of likely N-dealkylation sites (tertiary alicyclic amines) is 1. The summed E-state index contributed by atoms with van der Waals surface area (Å²) in [5.41, 5.74) is 1.54. The maximum atomic E-state index is 13.9.